The Morgan fingerprint density at radius 1 is 1.22 bits per heavy atom. The molecule has 8 heteroatoms. The second-order valence-corrected chi connectivity index (χ2v) is 7.83. The summed E-state index contributed by atoms with van der Waals surface area (Å²) in [7, 11) is 1.67. The number of fused-ring (bicyclic) bond motifs is 3. The standard InChI is InChI=1S/C19H22ClN5O2/c1-11(2)10-25-17(26)15-16(22(4)19(25)27)21-18-23(8-9-24(15)18)14-7-5-6-13(20)12(14)3/h5-7,11H,8-10H2,1-4H3. The van der Waals surface area contributed by atoms with Crippen molar-refractivity contribution in [3.63, 3.8) is 0 Å². The number of hydrogen-bond acceptors (Lipinski definition) is 4. The number of benzene rings is 1. The third kappa shape index (κ3) is 2.60. The summed E-state index contributed by atoms with van der Waals surface area (Å²) in [4.78, 5) is 32.4. The summed E-state index contributed by atoms with van der Waals surface area (Å²) in [6.07, 6.45) is 0. The van der Waals surface area contributed by atoms with Crippen LogP contribution in [0.4, 0.5) is 11.6 Å². The Hall–Kier alpha value is -2.54. The third-order valence-corrected chi connectivity index (χ3v) is 5.49. The lowest BCUT2D eigenvalue weighted by atomic mass is 10.2. The maximum Gasteiger partial charge on any atom is 0.332 e. The summed E-state index contributed by atoms with van der Waals surface area (Å²) in [6, 6.07) is 5.75. The average Bonchev–Trinajstić information content (AvgIpc) is 3.18. The molecule has 1 aliphatic heterocycles. The topological polar surface area (TPSA) is 65.1 Å². The number of hydrogen-bond donors (Lipinski definition) is 0. The number of aromatic nitrogens is 4. The summed E-state index contributed by atoms with van der Waals surface area (Å²) in [5, 5.41) is 0.689. The summed E-state index contributed by atoms with van der Waals surface area (Å²) in [5.74, 6) is 0.865. The minimum absolute atomic E-state index is 0.194. The molecule has 27 heavy (non-hydrogen) atoms. The Kier molecular flexibility index (Phi) is 4.14. The maximum atomic E-state index is 13.1. The van der Waals surface area contributed by atoms with Crippen LogP contribution in [0.3, 0.4) is 0 Å². The second kappa shape index (κ2) is 6.27. The van der Waals surface area contributed by atoms with E-state index >= 15 is 0 Å². The fourth-order valence-electron chi connectivity index (χ4n) is 3.72. The van der Waals surface area contributed by atoms with Gasteiger partial charge in [-0.15, -0.1) is 0 Å². The van der Waals surface area contributed by atoms with Crippen molar-refractivity contribution in [1.82, 2.24) is 18.7 Å². The molecule has 2 aromatic heterocycles. The van der Waals surface area contributed by atoms with Crippen molar-refractivity contribution >= 4 is 34.4 Å². The summed E-state index contributed by atoms with van der Waals surface area (Å²) in [6.45, 7) is 7.66. The number of rotatable bonds is 3. The monoisotopic (exact) mass is 387 g/mol. The zero-order valence-electron chi connectivity index (χ0n) is 15.9. The highest BCUT2D eigenvalue weighted by atomic mass is 35.5. The smallest absolute Gasteiger partial charge is 0.310 e. The van der Waals surface area contributed by atoms with Gasteiger partial charge in [0.25, 0.3) is 5.56 Å². The van der Waals surface area contributed by atoms with Crippen LogP contribution < -0.4 is 16.1 Å². The Morgan fingerprint density at radius 2 is 1.96 bits per heavy atom. The van der Waals surface area contributed by atoms with Crippen molar-refractivity contribution in [2.75, 3.05) is 11.4 Å². The molecule has 0 N–H and O–H groups in total. The van der Waals surface area contributed by atoms with Crippen LogP contribution in [-0.2, 0) is 20.1 Å². The summed E-state index contributed by atoms with van der Waals surface area (Å²) >= 11 is 6.29. The lowest BCUT2D eigenvalue weighted by Crippen LogP contribution is -2.40. The molecule has 7 nitrogen and oxygen atoms in total. The largest absolute Gasteiger partial charge is 0.332 e. The van der Waals surface area contributed by atoms with Gasteiger partial charge in [-0.25, -0.2) is 4.79 Å². The van der Waals surface area contributed by atoms with E-state index in [4.69, 9.17) is 11.6 Å². The van der Waals surface area contributed by atoms with Gasteiger partial charge in [-0.3, -0.25) is 13.9 Å². The predicted molar refractivity (Wildman–Crippen MR) is 107 cm³/mol. The zero-order valence-corrected chi connectivity index (χ0v) is 16.6. The molecule has 4 rings (SSSR count). The van der Waals surface area contributed by atoms with Crippen LogP contribution in [0.1, 0.15) is 19.4 Å². The van der Waals surface area contributed by atoms with E-state index in [1.807, 2.05) is 43.5 Å². The SMILES string of the molecule is Cc1c(Cl)cccc1N1CCn2c1nc1c2c(=O)n(CC(C)C)c(=O)n1C. The van der Waals surface area contributed by atoms with Gasteiger partial charge in [-0.2, -0.15) is 4.98 Å². The van der Waals surface area contributed by atoms with Gasteiger partial charge in [0.05, 0.1) is 0 Å². The van der Waals surface area contributed by atoms with Crippen molar-refractivity contribution in [3.8, 4) is 0 Å². The molecule has 3 aromatic rings. The van der Waals surface area contributed by atoms with Gasteiger partial charge in [0.2, 0.25) is 5.95 Å². The fourth-order valence-corrected chi connectivity index (χ4v) is 3.89. The quantitative estimate of drug-likeness (QED) is 0.693. The Bertz CT molecular complexity index is 1170. The van der Waals surface area contributed by atoms with Crippen LogP contribution in [0.5, 0.6) is 0 Å². The number of nitrogens with zero attached hydrogens (tertiary/aromatic N) is 5. The lowest BCUT2D eigenvalue weighted by Gasteiger charge is -2.19. The first-order valence-corrected chi connectivity index (χ1v) is 9.41. The van der Waals surface area contributed by atoms with Gasteiger partial charge in [-0.1, -0.05) is 31.5 Å². The van der Waals surface area contributed by atoms with E-state index in [-0.39, 0.29) is 17.2 Å². The van der Waals surface area contributed by atoms with Crippen molar-refractivity contribution in [2.24, 2.45) is 13.0 Å². The normalized spacial score (nSPS) is 13.8. The second-order valence-electron chi connectivity index (χ2n) is 7.42. The molecule has 0 saturated carbocycles. The first kappa shape index (κ1) is 17.9. The van der Waals surface area contributed by atoms with Crippen molar-refractivity contribution in [1.29, 1.82) is 0 Å². The van der Waals surface area contributed by atoms with E-state index in [9.17, 15) is 9.59 Å². The molecule has 1 aromatic carbocycles. The molecule has 3 heterocycles. The van der Waals surface area contributed by atoms with Crippen molar-refractivity contribution in [2.45, 2.75) is 33.9 Å². The summed E-state index contributed by atoms with van der Waals surface area (Å²) < 4.78 is 4.69. The van der Waals surface area contributed by atoms with Crippen LogP contribution in [0.2, 0.25) is 5.02 Å². The fraction of sp³-hybridized carbons (Fsp3) is 0.421. The van der Waals surface area contributed by atoms with Crippen LogP contribution in [0.25, 0.3) is 11.2 Å². The number of anilines is 2. The highest BCUT2D eigenvalue weighted by molar-refractivity contribution is 6.31. The minimum atomic E-state index is -0.330. The third-order valence-electron chi connectivity index (χ3n) is 5.08. The van der Waals surface area contributed by atoms with Gasteiger partial charge < -0.3 is 9.47 Å². The van der Waals surface area contributed by atoms with Crippen LogP contribution in [0, 0.1) is 12.8 Å². The molecule has 1 aliphatic rings. The lowest BCUT2D eigenvalue weighted by molar-refractivity contribution is 0.484. The Balaban J connectivity index is 1.97. The molecule has 0 fully saturated rings. The van der Waals surface area contributed by atoms with Crippen LogP contribution >= 0.6 is 11.6 Å². The highest BCUT2D eigenvalue weighted by Gasteiger charge is 2.29. The van der Waals surface area contributed by atoms with Gasteiger partial charge >= 0.3 is 5.69 Å². The number of halogens is 1. The molecular formula is C19H22ClN5O2. The molecule has 0 unspecified atom stereocenters. The predicted octanol–water partition coefficient (Wildman–Crippen LogP) is 2.67. The van der Waals surface area contributed by atoms with E-state index in [2.05, 4.69) is 9.88 Å². The molecule has 0 bridgehead atoms. The van der Waals surface area contributed by atoms with Crippen molar-refractivity contribution < 1.29 is 0 Å². The van der Waals surface area contributed by atoms with E-state index in [0.29, 0.717) is 41.8 Å². The average molecular weight is 388 g/mol. The first-order chi connectivity index (χ1) is 12.8. The van der Waals surface area contributed by atoms with Gasteiger partial charge in [0.15, 0.2) is 11.2 Å². The van der Waals surface area contributed by atoms with Crippen molar-refractivity contribution in [3.05, 3.63) is 49.6 Å². The van der Waals surface area contributed by atoms with E-state index in [1.54, 1.807) is 7.05 Å². The molecule has 0 saturated heterocycles. The van der Waals surface area contributed by atoms with Crippen LogP contribution in [-0.4, -0.2) is 25.2 Å². The van der Waals surface area contributed by atoms with Gasteiger partial charge in [-0.05, 0) is 30.5 Å². The molecular weight excluding hydrogens is 366 g/mol. The maximum absolute atomic E-state index is 13.1. The van der Waals surface area contributed by atoms with E-state index in [0.717, 1.165) is 11.3 Å². The van der Waals surface area contributed by atoms with Crippen LogP contribution in [0.15, 0.2) is 27.8 Å². The molecule has 0 radical (unpaired) electrons. The van der Waals surface area contributed by atoms with E-state index in [1.165, 1.54) is 9.13 Å². The molecule has 142 valence electrons. The first-order valence-electron chi connectivity index (χ1n) is 9.04. The minimum Gasteiger partial charge on any atom is -0.310 e. The number of aryl methyl sites for hydroxylation is 1. The molecule has 0 atom stereocenters. The Labute approximate surface area is 161 Å². The van der Waals surface area contributed by atoms with Gasteiger partial charge in [0.1, 0.15) is 0 Å². The number of imidazole rings is 1. The van der Waals surface area contributed by atoms with E-state index < -0.39 is 0 Å². The molecule has 0 amide bonds. The zero-order chi connectivity index (χ0) is 19.5. The Morgan fingerprint density at radius 3 is 2.67 bits per heavy atom. The highest BCUT2D eigenvalue weighted by Crippen LogP contribution is 2.35. The van der Waals surface area contributed by atoms with Gasteiger partial charge in [0, 0.05) is 37.4 Å². The molecule has 0 spiro atoms. The molecule has 0 aliphatic carbocycles. The summed E-state index contributed by atoms with van der Waals surface area (Å²) in [5.41, 5.74) is 2.22.